The lowest BCUT2D eigenvalue weighted by Gasteiger charge is -2.11. The Bertz CT molecular complexity index is 893. The Morgan fingerprint density at radius 2 is 2.04 bits per heavy atom. The monoisotopic (exact) mass is 378 g/mol. The molecule has 124 valence electrons. The van der Waals surface area contributed by atoms with Gasteiger partial charge in [0.25, 0.3) is 0 Å². The summed E-state index contributed by atoms with van der Waals surface area (Å²) in [5.41, 5.74) is 2.03. The molecule has 1 unspecified atom stereocenters. The number of aromatic nitrogens is 2. The highest BCUT2D eigenvalue weighted by atomic mass is 35.5. The first kappa shape index (κ1) is 17.2. The topological polar surface area (TPSA) is 63.1 Å². The number of aryl methyl sites for hydroxylation is 1. The van der Waals surface area contributed by atoms with E-state index in [9.17, 15) is 9.90 Å². The van der Waals surface area contributed by atoms with E-state index >= 15 is 0 Å². The molecule has 1 aromatic carbocycles. The Balaban J connectivity index is 2.15. The van der Waals surface area contributed by atoms with Crippen LogP contribution in [-0.2, 0) is 4.79 Å². The van der Waals surface area contributed by atoms with Crippen molar-refractivity contribution in [3.63, 3.8) is 0 Å². The first-order valence-corrected chi connectivity index (χ1v) is 9.54. The zero-order chi connectivity index (χ0) is 17.3. The number of halogens is 1. The van der Waals surface area contributed by atoms with E-state index in [1.54, 1.807) is 0 Å². The highest BCUT2D eigenvalue weighted by molar-refractivity contribution is 8.00. The Morgan fingerprint density at radius 3 is 2.67 bits per heavy atom. The molecule has 4 nitrogen and oxygen atoms in total. The van der Waals surface area contributed by atoms with Gasteiger partial charge in [0.05, 0.1) is 5.39 Å². The quantitative estimate of drug-likeness (QED) is 0.483. The lowest BCUT2D eigenvalue weighted by Crippen LogP contribution is -2.15. The summed E-state index contributed by atoms with van der Waals surface area (Å²) in [4.78, 5) is 21.3. The fourth-order valence-corrected chi connectivity index (χ4v) is 4.61. The van der Waals surface area contributed by atoms with Crippen molar-refractivity contribution >= 4 is 50.9 Å². The molecule has 7 heteroatoms. The molecule has 1 atom stereocenters. The average Bonchev–Trinajstić information content (AvgIpc) is 2.96. The summed E-state index contributed by atoms with van der Waals surface area (Å²) in [5, 5.41) is 13.2. The minimum atomic E-state index is -0.824. The molecule has 2 aromatic heterocycles. The van der Waals surface area contributed by atoms with Crippen molar-refractivity contribution in [3.05, 3.63) is 40.5 Å². The SMILES string of the molecule is CCC(Sc1nc(C)nc2scc(-c3ccc(Cl)cc3)c12)C(=O)O. The van der Waals surface area contributed by atoms with E-state index < -0.39 is 11.2 Å². The number of hydrogen-bond acceptors (Lipinski definition) is 5. The molecule has 0 amide bonds. The van der Waals surface area contributed by atoms with Gasteiger partial charge in [-0.25, -0.2) is 9.97 Å². The Labute approximate surface area is 152 Å². The molecule has 0 aliphatic rings. The Kier molecular flexibility index (Phi) is 5.08. The largest absolute Gasteiger partial charge is 0.480 e. The van der Waals surface area contributed by atoms with E-state index in [-0.39, 0.29) is 0 Å². The van der Waals surface area contributed by atoms with Crippen LogP contribution in [0.1, 0.15) is 19.2 Å². The molecular formula is C17H15ClN2O2S2. The van der Waals surface area contributed by atoms with Crippen LogP contribution in [0, 0.1) is 6.92 Å². The Hall–Kier alpha value is -1.63. The van der Waals surface area contributed by atoms with Gasteiger partial charge in [-0.2, -0.15) is 0 Å². The number of rotatable bonds is 5. The van der Waals surface area contributed by atoms with Crippen molar-refractivity contribution < 1.29 is 9.90 Å². The predicted octanol–water partition coefficient (Wildman–Crippen LogP) is 5.28. The maximum Gasteiger partial charge on any atom is 0.317 e. The number of carboxylic acids is 1. The predicted molar refractivity (Wildman–Crippen MR) is 100 cm³/mol. The number of benzene rings is 1. The molecule has 0 aliphatic heterocycles. The van der Waals surface area contributed by atoms with Crippen molar-refractivity contribution in [3.8, 4) is 11.1 Å². The second-order valence-electron chi connectivity index (χ2n) is 5.27. The lowest BCUT2D eigenvalue weighted by atomic mass is 10.1. The van der Waals surface area contributed by atoms with Crippen LogP contribution in [0.4, 0.5) is 0 Å². The smallest absolute Gasteiger partial charge is 0.317 e. The number of carboxylic acid groups (broad SMARTS) is 1. The van der Waals surface area contributed by atoms with Gasteiger partial charge >= 0.3 is 5.97 Å². The fourth-order valence-electron chi connectivity index (χ4n) is 2.38. The number of nitrogens with zero attached hydrogens (tertiary/aromatic N) is 2. The Morgan fingerprint density at radius 1 is 1.33 bits per heavy atom. The van der Waals surface area contributed by atoms with Crippen molar-refractivity contribution in [2.75, 3.05) is 0 Å². The fraction of sp³-hybridized carbons (Fsp3) is 0.235. The van der Waals surface area contributed by atoms with Gasteiger partial charge in [0.15, 0.2) is 0 Å². The van der Waals surface area contributed by atoms with E-state index in [0.29, 0.717) is 17.3 Å². The molecule has 2 heterocycles. The molecule has 3 rings (SSSR count). The molecule has 0 saturated carbocycles. The molecule has 0 fully saturated rings. The van der Waals surface area contributed by atoms with Crippen LogP contribution in [0.25, 0.3) is 21.3 Å². The first-order valence-electron chi connectivity index (χ1n) is 7.40. The molecule has 0 spiro atoms. The summed E-state index contributed by atoms with van der Waals surface area (Å²) in [7, 11) is 0. The number of aliphatic carboxylic acids is 1. The van der Waals surface area contributed by atoms with Gasteiger partial charge in [-0.1, -0.05) is 42.4 Å². The van der Waals surface area contributed by atoms with Crippen LogP contribution in [0.15, 0.2) is 34.7 Å². The van der Waals surface area contributed by atoms with Crippen LogP contribution in [0.5, 0.6) is 0 Å². The first-order chi connectivity index (χ1) is 11.5. The van der Waals surface area contributed by atoms with Gasteiger partial charge < -0.3 is 5.11 Å². The third-order valence-electron chi connectivity index (χ3n) is 3.57. The van der Waals surface area contributed by atoms with Gasteiger partial charge in [0, 0.05) is 16.0 Å². The maximum atomic E-state index is 11.4. The van der Waals surface area contributed by atoms with Crippen LogP contribution in [0.3, 0.4) is 0 Å². The van der Waals surface area contributed by atoms with E-state index in [2.05, 4.69) is 9.97 Å². The van der Waals surface area contributed by atoms with Crippen molar-refractivity contribution in [1.82, 2.24) is 9.97 Å². The van der Waals surface area contributed by atoms with Crippen LogP contribution in [0.2, 0.25) is 5.02 Å². The second-order valence-corrected chi connectivity index (χ2v) is 7.75. The lowest BCUT2D eigenvalue weighted by molar-refractivity contribution is -0.136. The van der Waals surface area contributed by atoms with E-state index in [1.807, 2.05) is 43.5 Å². The number of hydrogen-bond donors (Lipinski definition) is 1. The van der Waals surface area contributed by atoms with Crippen LogP contribution < -0.4 is 0 Å². The van der Waals surface area contributed by atoms with Gasteiger partial charge in [-0.15, -0.1) is 11.3 Å². The second kappa shape index (κ2) is 7.09. The number of carbonyl (C=O) groups is 1. The van der Waals surface area contributed by atoms with Crippen LogP contribution in [-0.4, -0.2) is 26.3 Å². The molecule has 0 radical (unpaired) electrons. The van der Waals surface area contributed by atoms with E-state index in [1.165, 1.54) is 23.1 Å². The summed E-state index contributed by atoms with van der Waals surface area (Å²) in [6, 6.07) is 7.59. The van der Waals surface area contributed by atoms with E-state index in [4.69, 9.17) is 11.6 Å². The molecule has 1 N–H and O–H groups in total. The summed E-state index contributed by atoms with van der Waals surface area (Å²) < 4.78 is 0. The van der Waals surface area contributed by atoms with Gasteiger partial charge in [0.1, 0.15) is 20.9 Å². The summed E-state index contributed by atoms with van der Waals surface area (Å²) in [6.45, 7) is 3.69. The minimum Gasteiger partial charge on any atom is -0.480 e. The van der Waals surface area contributed by atoms with Crippen molar-refractivity contribution in [1.29, 1.82) is 0 Å². The molecule has 0 bridgehead atoms. The molecule has 24 heavy (non-hydrogen) atoms. The number of fused-ring (bicyclic) bond motifs is 1. The summed E-state index contributed by atoms with van der Waals surface area (Å²) >= 11 is 8.80. The highest BCUT2D eigenvalue weighted by Gasteiger charge is 2.22. The molecule has 3 aromatic rings. The third kappa shape index (κ3) is 3.41. The summed E-state index contributed by atoms with van der Waals surface area (Å²) in [6.07, 6.45) is 0.533. The molecule has 0 saturated heterocycles. The maximum absolute atomic E-state index is 11.4. The minimum absolute atomic E-state index is 0.527. The zero-order valence-electron chi connectivity index (χ0n) is 13.1. The zero-order valence-corrected chi connectivity index (χ0v) is 15.5. The average molecular weight is 379 g/mol. The standard InChI is InChI=1S/C17H15ClN2O2S2/c1-3-13(17(21)22)24-16-14-12(10-4-6-11(18)7-5-10)8-23-15(14)19-9(2)20-16/h4-8,13H,3H2,1-2H3,(H,21,22). The summed E-state index contributed by atoms with van der Waals surface area (Å²) in [5.74, 6) is -0.176. The van der Waals surface area contributed by atoms with Crippen LogP contribution >= 0.6 is 34.7 Å². The molecular weight excluding hydrogens is 364 g/mol. The highest BCUT2D eigenvalue weighted by Crippen LogP contribution is 2.40. The van der Waals surface area contributed by atoms with Crippen molar-refractivity contribution in [2.45, 2.75) is 30.5 Å². The number of thioether (sulfide) groups is 1. The van der Waals surface area contributed by atoms with Gasteiger partial charge in [-0.05, 0) is 31.0 Å². The van der Waals surface area contributed by atoms with Gasteiger partial charge in [-0.3, -0.25) is 4.79 Å². The normalized spacial score (nSPS) is 12.5. The van der Waals surface area contributed by atoms with Crippen molar-refractivity contribution in [2.24, 2.45) is 0 Å². The van der Waals surface area contributed by atoms with E-state index in [0.717, 1.165) is 26.4 Å². The molecule has 0 aliphatic carbocycles. The third-order valence-corrected chi connectivity index (χ3v) is 6.03. The van der Waals surface area contributed by atoms with Gasteiger partial charge in [0.2, 0.25) is 0 Å². The number of thiophene rings is 1.